The van der Waals surface area contributed by atoms with Crippen molar-refractivity contribution in [2.24, 2.45) is 0 Å². The van der Waals surface area contributed by atoms with Crippen LogP contribution in [0.4, 0.5) is 0 Å². The number of rotatable bonds is 6. The molecule has 30 heavy (non-hydrogen) atoms. The van der Waals surface area contributed by atoms with E-state index in [0.717, 1.165) is 22.4 Å². The van der Waals surface area contributed by atoms with Crippen LogP contribution in [0.1, 0.15) is 43.4 Å². The van der Waals surface area contributed by atoms with Gasteiger partial charge in [-0.1, -0.05) is 62.3 Å². The molecule has 0 spiro atoms. The Balaban J connectivity index is 1.63. The first kappa shape index (κ1) is 21.6. The van der Waals surface area contributed by atoms with Gasteiger partial charge >= 0.3 is 0 Å². The van der Waals surface area contributed by atoms with Crippen LogP contribution in [0.3, 0.4) is 0 Å². The minimum absolute atomic E-state index is 0.0196. The molecule has 158 valence electrons. The summed E-state index contributed by atoms with van der Waals surface area (Å²) in [4.78, 5) is 18.6. The van der Waals surface area contributed by atoms with Crippen LogP contribution < -0.4 is 4.74 Å². The predicted octanol–water partition coefficient (Wildman–Crippen LogP) is 4.55. The molecular formula is C24H29N3O3. The molecule has 0 atom stereocenters. The van der Waals surface area contributed by atoms with Crippen molar-refractivity contribution in [1.82, 2.24) is 15.0 Å². The molecule has 3 rings (SSSR count). The van der Waals surface area contributed by atoms with Gasteiger partial charge in [0, 0.05) is 12.6 Å². The summed E-state index contributed by atoms with van der Waals surface area (Å²) in [6.07, 6.45) is 0.302. The van der Waals surface area contributed by atoms with Gasteiger partial charge < -0.3 is 14.2 Å². The Morgan fingerprint density at radius 1 is 1.13 bits per heavy atom. The smallest absolute Gasteiger partial charge is 0.246 e. The fourth-order valence-corrected chi connectivity index (χ4v) is 3.21. The monoisotopic (exact) mass is 407 g/mol. The lowest BCUT2D eigenvalue weighted by Gasteiger charge is -2.18. The molecule has 0 aliphatic heterocycles. The van der Waals surface area contributed by atoms with Crippen LogP contribution in [0.25, 0.3) is 11.4 Å². The number of benzene rings is 2. The normalized spacial score (nSPS) is 11.4. The predicted molar refractivity (Wildman–Crippen MR) is 116 cm³/mol. The van der Waals surface area contributed by atoms with E-state index in [1.165, 1.54) is 5.56 Å². The van der Waals surface area contributed by atoms with Crippen molar-refractivity contribution in [3.63, 3.8) is 0 Å². The zero-order valence-corrected chi connectivity index (χ0v) is 18.5. The van der Waals surface area contributed by atoms with E-state index >= 15 is 0 Å². The summed E-state index contributed by atoms with van der Waals surface area (Å²) in [6.45, 7) is 8.75. The average molecular weight is 408 g/mol. The van der Waals surface area contributed by atoms with Gasteiger partial charge in [-0.25, -0.2) is 0 Å². The highest BCUT2D eigenvalue weighted by molar-refractivity contribution is 5.78. The Labute approximate surface area is 177 Å². The molecule has 0 aliphatic carbocycles. The number of aryl methyl sites for hydroxylation is 1. The van der Waals surface area contributed by atoms with Crippen molar-refractivity contribution < 1.29 is 14.1 Å². The summed E-state index contributed by atoms with van der Waals surface area (Å²) < 4.78 is 10.6. The van der Waals surface area contributed by atoms with Crippen LogP contribution in [0, 0.1) is 6.92 Å². The average Bonchev–Trinajstić information content (AvgIpc) is 3.16. The number of aromatic nitrogens is 2. The third-order valence-electron chi connectivity index (χ3n) is 5.09. The molecule has 6 nitrogen and oxygen atoms in total. The summed E-state index contributed by atoms with van der Waals surface area (Å²) in [5.74, 6) is 1.73. The molecule has 2 aromatic carbocycles. The van der Waals surface area contributed by atoms with Crippen molar-refractivity contribution in [2.75, 3.05) is 14.2 Å². The van der Waals surface area contributed by atoms with Crippen molar-refractivity contribution >= 4 is 5.91 Å². The number of nitrogens with zero attached hydrogens (tertiary/aromatic N) is 3. The number of methoxy groups -OCH3 is 1. The highest BCUT2D eigenvalue weighted by Gasteiger charge is 2.17. The zero-order valence-electron chi connectivity index (χ0n) is 18.5. The van der Waals surface area contributed by atoms with Gasteiger partial charge in [0.2, 0.25) is 17.6 Å². The molecule has 1 heterocycles. The van der Waals surface area contributed by atoms with Crippen molar-refractivity contribution in [2.45, 2.75) is 46.1 Å². The third-order valence-corrected chi connectivity index (χ3v) is 5.09. The van der Waals surface area contributed by atoms with Gasteiger partial charge in [-0.15, -0.1) is 0 Å². The second-order valence-corrected chi connectivity index (χ2v) is 8.57. The van der Waals surface area contributed by atoms with Crippen LogP contribution in [0.15, 0.2) is 47.0 Å². The molecule has 0 saturated carbocycles. The van der Waals surface area contributed by atoms with E-state index < -0.39 is 0 Å². The number of carbonyl (C=O) groups is 1. The van der Waals surface area contributed by atoms with Crippen LogP contribution >= 0.6 is 0 Å². The third kappa shape index (κ3) is 5.06. The largest absolute Gasteiger partial charge is 0.496 e. The molecule has 3 aromatic rings. The van der Waals surface area contributed by atoms with Crippen LogP contribution in [0.5, 0.6) is 5.75 Å². The molecule has 1 aromatic heterocycles. The van der Waals surface area contributed by atoms with E-state index in [4.69, 9.17) is 9.26 Å². The lowest BCUT2D eigenvalue weighted by molar-refractivity contribution is -0.130. The lowest BCUT2D eigenvalue weighted by atomic mass is 9.87. The number of likely N-dealkylation sites (N-methyl/N-ethyl adjacent to an activating group) is 1. The zero-order chi connectivity index (χ0) is 21.9. The van der Waals surface area contributed by atoms with Gasteiger partial charge in [-0.2, -0.15) is 4.98 Å². The van der Waals surface area contributed by atoms with Crippen molar-refractivity contribution in [1.29, 1.82) is 0 Å². The Morgan fingerprint density at radius 3 is 2.43 bits per heavy atom. The molecule has 0 N–H and O–H groups in total. The topological polar surface area (TPSA) is 68.5 Å². The number of hydrogen-bond donors (Lipinski definition) is 0. The number of carbonyl (C=O) groups excluding carboxylic acids is 1. The first-order valence-corrected chi connectivity index (χ1v) is 9.98. The summed E-state index contributed by atoms with van der Waals surface area (Å²) >= 11 is 0. The van der Waals surface area contributed by atoms with Crippen LogP contribution in [-0.2, 0) is 23.2 Å². The van der Waals surface area contributed by atoms with E-state index in [9.17, 15) is 4.79 Å². The number of ether oxygens (including phenoxy) is 1. The highest BCUT2D eigenvalue weighted by atomic mass is 16.5. The minimum Gasteiger partial charge on any atom is -0.496 e. The molecule has 1 amide bonds. The molecule has 0 saturated heterocycles. The molecule has 6 heteroatoms. The van der Waals surface area contributed by atoms with E-state index in [1.807, 2.05) is 37.3 Å². The fourth-order valence-electron chi connectivity index (χ4n) is 3.21. The standard InChI is InChI=1S/C24H29N3O3/c1-16-13-17(7-12-20(16)29-6)14-22(28)27(5)15-21-25-23(26-30-21)18-8-10-19(11-9-18)24(2,3)4/h7-13H,14-15H2,1-6H3. The van der Waals surface area contributed by atoms with E-state index in [1.54, 1.807) is 19.1 Å². The Bertz CT molecular complexity index is 1020. The van der Waals surface area contributed by atoms with E-state index in [2.05, 4.69) is 43.0 Å². The summed E-state index contributed by atoms with van der Waals surface area (Å²) in [7, 11) is 3.37. The molecule has 0 radical (unpaired) electrons. The highest BCUT2D eigenvalue weighted by Crippen LogP contribution is 2.25. The quantitative estimate of drug-likeness (QED) is 0.599. The Morgan fingerprint density at radius 2 is 1.83 bits per heavy atom. The summed E-state index contributed by atoms with van der Waals surface area (Å²) in [6, 6.07) is 13.9. The molecule has 0 unspecified atom stereocenters. The van der Waals surface area contributed by atoms with Crippen molar-refractivity contribution in [3.05, 3.63) is 65.0 Å². The summed E-state index contributed by atoms with van der Waals surface area (Å²) in [5.41, 5.74) is 4.17. The maximum atomic E-state index is 12.6. The first-order chi connectivity index (χ1) is 14.2. The maximum absolute atomic E-state index is 12.6. The van der Waals surface area contributed by atoms with E-state index in [0.29, 0.717) is 18.1 Å². The first-order valence-electron chi connectivity index (χ1n) is 9.98. The van der Waals surface area contributed by atoms with Crippen LogP contribution in [-0.4, -0.2) is 35.1 Å². The van der Waals surface area contributed by atoms with Gasteiger partial charge in [0.25, 0.3) is 0 Å². The second kappa shape index (κ2) is 8.69. The number of hydrogen-bond acceptors (Lipinski definition) is 5. The van der Waals surface area contributed by atoms with Gasteiger partial charge in [-0.3, -0.25) is 4.79 Å². The summed E-state index contributed by atoms with van der Waals surface area (Å²) in [5, 5.41) is 4.07. The minimum atomic E-state index is -0.0196. The molecule has 0 fully saturated rings. The lowest BCUT2D eigenvalue weighted by Crippen LogP contribution is -2.27. The fraction of sp³-hybridized carbons (Fsp3) is 0.375. The SMILES string of the molecule is COc1ccc(CC(=O)N(C)Cc2nc(-c3ccc(C(C)(C)C)cc3)no2)cc1C. The number of amides is 1. The second-order valence-electron chi connectivity index (χ2n) is 8.57. The maximum Gasteiger partial charge on any atom is 0.246 e. The van der Waals surface area contributed by atoms with Crippen LogP contribution in [0.2, 0.25) is 0 Å². The molecule has 0 aliphatic rings. The Hall–Kier alpha value is -3.15. The Kier molecular flexibility index (Phi) is 6.25. The van der Waals surface area contributed by atoms with Gasteiger partial charge in [-0.05, 0) is 35.1 Å². The van der Waals surface area contributed by atoms with Gasteiger partial charge in [0.1, 0.15) is 5.75 Å². The molecule has 0 bridgehead atoms. The van der Waals surface area contributed by atoms with Crippen molar-refractivity contribution in [3.8, 4) is 17.1 Å². The van der Waals surface area contributed by atoms with Gasteiger partial charge in [0.15, 0.2) is 0 Å². The van der Waals surface area contributed by atoms with E-state index in [-0.39, 0.29) is 17.9 Å². The van der Waals surface area contributed by atoms with Gasteiger partial charge in [0.05, 0.1) is 20.1 Å². The molecular weight excluding hydrogens is 378 g/mol.